The van der Waals surface area contributed by atoms with Gasteiger partial charge in [0.2, 0.25) is 0 Å². The molecule has 1 rings (SSSR count). The van der Waals surface area contributed by atoms with Crippen molar-refractivity contribution in [2.24, 2.45) is 0 Å². The Bertz CT molecular complexity index is 139. The number of hydrogen-bond acceptors (Lipinski definition) is 2. The van der Waals surface area contributed by atoms with Gasteiger partial charge in [-0.15, -0.1) is 11.8 Å². The fourth-order valence-electron chi connectivity index (χ4n) is 0.897. The molecular weight excluding hydrogens is 124 g/mol. The van der Waals surface area contributed by atoms with Crippen molar-refractivity contribution in [2.75, 3.05) is 19.6 Å². The molecule has 0 aromatic rings. The highest BCUT2D eigenvalue weighted by molar-refractivity contribution is 4.95. The smallest absolute Gasteiger partial charge is 0.0317 e. The number of hydrogen-bond donors (Lipinski definition) is 2. The van der Waals surface area contributed by atoms with E-state index < -0.39 is 0 Å². The average molecular weight is 138 g/mol. The summed E-state index contributed by atoms with van der Waals surface area (Å²) in [5.74, 6) is 5.89. The van der Waals surface area contributed by atoms with Crippen LogP contribution in [0, 0.1) is 11.8 Å². The summed E-state index contributed by atoms with van der Waals surface area (Å²) in [7, 11) is 0. The van der Waals surface area contributed by atoms with Crippen molar-refractivity contribution in [1.29, 1.82) is 0 Å². The zero-order chi connectivity index (χ0) is 7.23. The summed E-state index contributed by atoms with van der Waals surface area (Å²) in [6.07, 6.45) is 0.979. The maximum Gasteiger partial charge on any atom is 0.0317 e. The normalized spacial score (nSPS) is 17.3. The lowest BCUT2D eigenvalue weighted by Gasteiger charge is -2.27. The van der Waals surface area contributed by atoms with Crippen LogP contribution in [-0.2, 0) is 0 Å². The standard InChI is InChI=1S/C8H14N2/c1-2-3-4-5-10-8-6-9-7-8/h8-10H,4-7H2,1H3. The van der Waals surface area contributed by atoms with Crippen molar-refractivity contribution in [3.63, 3.8) is 0 Å². The van der Waals surface area contributed by atoms with Crippen LogP contribution in [0.3, 0.4) is 0 Å². The zero-order valence-corrected chi connectivity index (χ0v) is 6.41. The highest BCUT2D eigenvalue weighted by atomic mass is 15.1. The Morgan fingerprint density at radius 3 is 2.90 bits per heavy atom. The SMILES string of the molecule is CC#CCCNC1CNC1. The third kappa shape index (κ3) is 2.38. The maximum absolute atomic E-state index is 3.39. The first-order chi connectivity index (χ1) is 4.93. The van der Waals surface area contributed by atoms with Crippen molar-refractivity contribution in [1.82, 2.24) is 10.6 Å². The van der Waals surface area contributed by atoms with Crippen LogP contribution in [0.5, 0.6) is 0 Å². The van der Waals surface area contributed by atoms with Gasteiger partial charge in [-0.3, -0.25) is 0 Å². The lowest BCUT2D eigenvalue weighted by Crippen LogP contribution is -2.55. The largest absolute Gasteiger partial charge is 0.314 e. The van der Waals surface area contributed by atoms with E-state index in [9.17, 15) is 0 Å². The summed E-state index contributed by atoms with van der Waals surface area (Å²) in [6, 6.07) is 0.707. The van der Waals surface area contributed by atoms with E-state index in [0.29, 0.717) is 6.04 Å². The highest BCUT2D eigenvalue weighted by Crippen LogP contribution is 1.89. The Morgan fingerprint density at radius 1 is 1.60 bits per heavy atom. The fraction of sp³-hybridized carbons (Fsp3) is 0.750. The van der Waals surface area contributed by atoms with Crippen molar-refractivity contribution in [3.05, 3.63) is 0 Å². The van der Waals surface area contributed by atoms with Gasteiger partial charge < -0.3 is 10.6 Å². The van der Waals surface area contributed by atoms with Gasteiger partial charge in [-0.1, -0.05) is 0 Å². The number of rotatable bonds is 3. The van der Waals surface area contributed by atoms with Gasteiger partial charge in [0.25, 0.3) is 0 Å². The lowest BCUT2D eigenvalue weighted by molar-refractivity contribution is 0.370. The van der Waals surface area contributed by atoms with Crippen molar-refractivity contribution in [3.8, 4) is 11.8 Å². The van der Waals surface area contributed by atoms with Gasteiger partial charge in [-0.05, 0) is 6.92 Å². The Hall–Kier alpha value is -0.520. The zero-order valence-electron chi connectivity index (χ0n) is 6.41. The molecule has 0 aromatic heterocycles. The Labute approximate surface area is 62.4 Å². The van der Waals surface area contributed by atoms with Gasteiger partial charge in [0.1, 0.15) is 0 Å². The van der Waals surface area contributed by atoms with Gasteiger partial charge in [0.05, 0.1) is 0 Å². The molecule has 2 heteroatoms. The molecule has 0 aromatic carbocycles. The van der Waals surface area contributed by atoms with Crippen LogP contribution in [0.25, 0.3) is 0 Å². The van der Waals surface area contributed by atoms with Crippen LogP contribution in [0.2, 0.25) is 0 Å². The molecular formula is C8H14N2. The molecule has 0 radical (unpaired) electrons. The predicted molar refractivity (Wildman–Crippen MR) is 42.7 cm³/mol. The van der Waals surface area contributed by atoms with Crippen molar-refractivity contribution >= 4 is 0 Å². The Balaban J connectivity index is 1.88. The Morgan fingerprint density at radius 2 is 2.40 bits per heavy atom. The van der Waals surface area contributed by atoms with Crippen molar-refractivity contribution in [2.45, 2.75) is 19.4 Å². The molecule has 0 spiro atoms. The molecule has 1 aliphatic rings. The average Bonchev–Trinajstić information content (AvgIpc) is 1.84. The van der Waals surface area contributed by atoms with E-state index in [-0.39, 0.29) is 0 Å². The van der Waals surface area contributed by atoms with Gasteiger partial charge in [0.15, 0.2) is 0 Å². The molecule has 56 valence electrons. The molecule has 0 amide bonds. The van der Waals surface area contributed by atoms with Gasteiger partial charge in [-0.2, -0.15) is 0 Å². The summed E-state index contributed by atoms with van der Waals surface area (Å²) in [4.78, 5) is 0. The monoisotopic (exact) mass is 138 g/mol. The van der Waals surface area contributed by atoms with E-state index in [0.717, 1.165) is 26.1 Å². The molecule has 1 fully saturated rings. The lowest BCUT2D eigenvalue weighted by atomic mass is 10.2. The van der Waals surface area contributed by atoms with Crippen LogP contribution >= 0.6 is 0 Å². The first-order valence-corrected chi connectivity index (χ1v) is 3.77. The third-order valence-corrected chi connectivity index (χ3v) is 1.64. The topological polar surface area (TPSA) is 24.1 Å². The van der Waals surface area contributed by atoms with E-state index >= 15 is 0 Å². The van der Waals surface area contributed by atoms with E-state index in [1.165, 1.54) is 0 Å². The minimum absolute atomic E-state index is 0.707. The van der Waals surface area contributed by atoms with Gasteiger partial charge in [0, 0.05) is 32.1 Å². The Kier molecular flexibility index (Phi) is 3.28. The maximum atomic E-state index is 3.39. The molecule has 1 aliphatic heterocycles. The summed E-state index contributed by atoms with van der Waals surface area (Å²) >= 11 is 0. The summed E-state index contributed by atoms with van der Waals surface area (Å²) in [5.41, 5.74) is 0. The summed E-state index contributed by atoms with van der Waals surface area (Å²) in [5, 5.41) is 6.59. The third-order valence-electron chi connectivity index (χ3n) is 1.64. The number of nitrogens with one attached hydrogen (secondary N) is 2. The summed E-state index contributed by atoms with van der Waals surface area (Å²) < 4.78 is 0. The molecule has 0 aliphatic carbocycles. The molecule has 0 bridgehead atoms. The molecule has 2 N–H and O–H groups in total. The first-order valence-electron chi connectivity index (χ1n) is 3.77. The quantitative estimate of drug-likeness (QED) is 0.422. The second-order valence-corrected chi connectivity index (χ2v) is 2.49. The predicted octanol–water partition coefficient (Wildman–Crippen LogP) is -0.0388. The molecule has 1 heterocycles. The second kappa shape index (κ2) is 4.32. The van der Waals surface area contributed by atoms with Crippen LogP contribution in [0.4, 0.5) is 0 Å². The second-order valence-electron chi connectivity index (χ2n) is 2.49. The van der Waals surface area contributed by atoms with Crippen LogP contribution in [-0.4, -0.2) is 25.7 Å². The summed E-state index contributed by atoms with van der Waals surface area (Å²) in [6.45, 7) is 5.16. The minimum atomic E-state index is 0.707. The molecule has 2 nitrogen and oxygen atoms in total. The van der Waals surface area contributed by atoms with E-state index in [1.807, 2.05) is 6.92 Å². The molecule has 0 unspecified atom stereocenters. The molecule has 0 saturated carbocycles. The fourth-order valence-corrected chi connectivity index (χ4v) is 0.897. The first kappa shape index (κ1) is 7.59. The molecule has 1 saturated heterocycles. The van der Waals surface area contributed by atoms with Gasteiger partial charge in [-0.25, -0.2) is 0 Å². The van der Waals surface area contributed by atoms with Crippen LogP contribution in [0.15, 0.2) is 0 Å². The molecule has 0 atom stereocenters. The van der Waals surface area contributed by atoms with E-state index in [1.54, 1.807) is 0 Å². The van der Waals surface area contributed by atoms with E-state index in [4.69, 9.17) is 0 Å². The van der Waals surface area contributed by atoms with Crippen LogP contribution < -0.4 is 10.6 Å². The molecule has 10 heavy (non-hydrogen) atoms. The van der Waals surface area contributed by atoms with Crippen LogP contribution in [0.1, 0.15) is 13.3 Å². The van der Waals surface area contributed by atoms with Crippen molar-refractivity contribution < 1.29 is 0 Å². The van der Waals surface area contributed by atoms with Gasteiger partial charge >= 0.3 is 0 Å². The van der Waals surface area contributed by atoms with E-state index in [2.05, 4.69) is 22.5 Å². The highest BCUT2D eigenvalue weighted by Gasteiger charge is 2.13. The minimum Gasteiger partial charge on any atom is -0.314 e.